The van der Waals surface area contributed by atoms with Crippen molar-refractivity contribution in [3.63, 3.8) is 0 Å². The summed E-state index contributed by atoms with van der Waals surface area (Å²) in [6.07, 6.45) is 5.12. The van der Waals surface area contributed by atoms with Gasteiger partial charge >= 0.3 is 0 Å². The van der Waals surface area contributed by atoms with E-state index in [-0.39, 0.29) is 5.91 Å². The first kappa shape index (κ1) is 12.9. The van der Waals surface area contributed by atoms with Crippen molar-refractivity contribution < 1.29 is 4.79 Å². The average molecular weight is 285 g/mol. The van der Waals surface area contributed by atoms with Crippen LogP contribution in [0.5, 0.6) is 0 Å². The number of nitrogens with one attached hydrogen (secondary N) is 1. The van der Waals surface area contributed by atoms with E-state index in [0.29, 0.717) is 6.42 Å². The van der Waals surface area contributed by atoms with E-state index >= 15 is 0 Å². The summed E-state index contributed by atoms with van der Waals surface area (Å²) in [5, 5.41) is 4.95. The molecule has 0 spiro atoms. The Morgan fingerprint density at radius 2 is 2.25 bits per heavy atom. The normalized spacial score (nSPS) is 10.8. The Hall–Kier alpha value is -2.14. The molecule has 5 heteroatoms. The molecule has 0 unspecified atom stereocenters. The molecule has 0 aromatic carbocycles. The molecule has 3 rings (SSSR count). The Bertz CT molecular complexity index is 731. The molecule has 0 saturated carbocycles. The second-order valence-corrected chi connectivity index (χ2v) is 5.73. The fourth-order valence-corrected chi connectivity index (χ4v) is 2.82. The van der Waals surface area contributed by atoms with Gasteiger partial charge in [-0.2, -0.15) is 0 Å². The zero-order valence-corrected chi connectivity index (χ0v) is 12.0. The number of amides is 1. The highest BCUT2D eigenvalue weighted by Gasteiger charge is 2.05. The molecule has 3 heterocycles. The average Bonchev–Trinajstić information content (AvgIpc) is 3.04. The molecule has 0 saturated heterocycles. The number of carbonyl (C=O) groups is 1. The molecule has 0 aliphatic rings. The zero-order valence-electron chi connectivity index (χ0n) is 11.2. The van der Waals surface area contributed by atoms with Crippen LogP contribution in [0.2, 0.25) is 0 Å². The molecule has 0 aliphatic carbocycles. The van der Waals surface area contributed by atoms with Gasteiger partial charge in [0.25, 0.3) is 0 Å². The SMILES string of the molecule is Cc1cn2cc(NC(=O)CCc3cccs3)ccc2n1. The molecule has 0 atom stereocenters. The predicted molar refractivity (Wildman–Crippen MR) is 81.2 cm³/mol. The number of aryl methyl sites for hydroxylation is 2. The Balaban J connectivity index is 1.64. The summed E-state index contributed by atoms with van der Waals surface area (Å²) in [6.45, 7) is 1.95. The molecule has 1 N–H and O–H groups in total. The molecule has 0 fully saturated rings. The first-order valence-electron chi connectivity index (χ1n) is 6.48. The minimum Gasteiger partial charge on any atom is -0.325 e. The van der Waals surface area contributed by atoms with Crippen LogP contribution in [0, 0.1) is 6.92 Å². The molecular formula is C15H15N3OS. The predicted octanol–water partition coefficient (Wildman–Crippen LogP) is 3.28. The van der Waals surface area contributed by atoms with Crippen LogP contribution in [0.1, 0.15) is 17.0 Å². The maximum absolute atomic E-state index is 11.9. The third-order valence-corrected chi connectivity index (χ3v) is 3.97. The van der Waals surface area contributed by atoms with Crippen molar-refractivity contribution in [3.8, 4) is 0 Å². The van der Waals surface area contributed by atoms with Crippen molar-refractivity contribution in [3.05, 3.63) is 52.6 Å². The highest BCUT2D eigenvalue weighted by molar-refractivity contribution is 7.09. The van der Waals surface area contributed by atoms with E-state index in [1.165, 1.54) is 4.88 Å². The van der Waals surface area contributed by atoms with Gasteiger partial charge < -0.3 is 9.72 Å². The molecule has 0 bridgehead atoms. The summed E-state index contributed by atoms with van der Waals surface area (Å²) in [4.78, 5) is 17.5. The van der Waals surface area contributed by atoms with Crippen molar-refractivity contribution in [2.45, 2.75) is 19.8 Å². The molecule has 3 aromatic rings. The Morgan fingerprint density at radius 1 is 1.35 bits per heavy atom. The lowest BCUT2D eigenvalue weighted by molar-refractivity contribution is -0.116. The lowest BCUT2D eigenvalue weighted by atomic mass is 10.2. The van der Waals surface area contributed by atoms with Crippen molar-refractivity contribution in [2.75, 3.05) is 5.32 Å². The van der Waals surface area contributed by atoms with Gasteiger partial charge in [0.05, 0.1) is 11.4 Å². The number of rotatable bonds is 4. The molecule has 0 aliphatic heterocycles. The Morgan fingerprint density at radius 3 is 3.05 bits per heavy atom. The summed E-state index contributed by atoms with van der Waals surface area (Å²) in [6, 6.07) is 7.85. The monoisotopic (exact) mass is 285 g/mol. The van der Waals surface area contributed by atoms with Crippen LogP contribution < -0.4 is 5.32 Å². The topological polar surface area (TPSA) is 46.4 Å². The van der Waals surface area contributed by atoms with Gasteiger partial charge in [-0.3, -0.25) is 4.79 Å². The first-order valence-corrected chi connectivity index (χ1v) is 7.36. The van der Waals surface area contributed by atoms with Crippen LogP contribution in [0.25, 0.3) is 5.65 Å². The van der Waals surface area contributed by atoms with E-state index in [2.05, 4.69) is 16.4 Å². The number of fused-ring (bicyclic) bond motifs is 1. The van der Waals surface area contributed by atoms with Gasteiger partial charge in [-0.05, 0) is 36.9 Å². The number of pyridine rings is 1. The fraction of sp³-hybridized carbons (Fsp3) is 0.200. The summed E-state index contributed by atoms with van der Waals surface area (Å²) in [5.41, 5.74) is 2.65. The largest absolute Gasteiger partial charge is 0.325 e. The number of thiophene rings is 1. The lowest BCUT2D eigenvalue weighted by Crippen LogP contribution is -2.12. The second kappa shape index (κ2) is 5.46. The van der Waals surface area contributed by atoms with Crippen molar-refractivity contribution in [1.29, 1.82) is 0 Å². The highest BCUT2D eigenvalue weighted by atomic mass is 32.1. The van der Waals surface area contributed by atoms with Crippen molar-refractivity contribution in [1.82, 2.24) is 9.38 Å². The standard InChI is InChI=1S/C15H15N3OS/c1-11-9-18-10-12(4-6-14(18)16-11)17-15(19)7-5-13-3-2-8-20-13/h2-4,6,8-10H,5,7H2,1H3,(H,17,19). The smallest absolute Gasteiger partial charge is 0.224 e. The van der Waals surface area contributed by atoms with Crippen LogP contribution in [-0.2, 0) is 11.2 Å². The Labute approximate surface area is 121 Å². The van der Waals surface area contributed by atoms with Crippen LogP contribution in [-0.4, -0.2) is 15.3 Å². The van der Waals surface area contributed by atoms with E-state index in [1.54, 1.807) is 11.3 Å². The van der Waals surface area contributed by atoms with E-state index in [4.69, 9.17) is 0 Å². The van der Waals surface area contributed by atoms with E-state index in [0.717, 1.165) is 23.4 Å². The molecular weight excluding hydrogens is 270 g/mol. The van der Waals surface area contributed by atoms with Gasteiger partial charge in [-0.1, -0.05) is 6.07 Å². The summed E-state index contributed by atoms with van der Waals surface area (Å²) >= 11 is 1.68. The first-order chi connectivity index (χ1) is 9.70. The quantitative estimate of drug-likeness (QED) is 0.799. The van der Waals surface area contributed by atoms with Gasteiger partial charge in [0, 0.05) is 23.7 Å². The number of anilines is 1. The number of nitrogens with zero attached hydrogens (tertiary/aromatic N) is 2. The molecule has 20 heavy (non-hydrogen) atoms. The minimum absolute atomic E-state index is 0.0367. The third-order valence-electron chi connectivity index (χ3n) is 3.03. The van der Waals surface area contributed by atoms with Crippen molar-refractivity contribution >= 4 is 28.6 Å². The molecule has 1 amide bonds. The van der Waals surface area contributed by atoms with Gasteiger partial charge in [0.1, 0.15) is 5.65 Å². The van der Waals surface area contributed by atoms with E-state index in [9.17, 15) is 4.79 Å². The highest BCUT2D eigenvalue weighted by Crippen LogP contribution is 2.14. The zero-order chi connectivity index (χ0) is 13.9. The van der Waals surface area contributed by atoms with E-state index < -0.39 is 0 Å². The lowest BCUT2D eigenvalue weighted by Gasteiger charge is -2.05. The number of imidazole rings is 1. The van der Waals surface area contributed by atoms with Gasteiger partial charge in [-0.15, -0.1) is 11.3 Å². The van der Waals surface area contributed by atoms with Crippen LogP contribution in [0.4, 0.5) is 5.69 Å². The molecule has 0 radical (unpaired) electrons. The van der Waals surface area contributed by atoms with Gasteiger partial charge in [-0.25, -0.2) is 4.98 Å². The fourth-order valence-electron chi connectivity index (χ4n) is 2.11. The van der Waals surface area contributed by atoms with Gasteiger partial charge in [0.2, 0.25) is 5.91 Å². The maximum Gasteiger partial charge on any atom is 0.224 e. The summed E-state index contributed by atoms with van der Waals surface area (Å²) in [7, 11) is 0. The van der Waals surface area contributed by atoms with Crippen LogP contribution >= 0.6 is 11.3 Å². The minimum atomic E-state index is 0.0367. The number of aromatic nitrogens is 2. The molecule has 102 valence electrons. The third kappa shape index (κ3) is 2.88. The summed E-state index contributed by atoms with van der Waals surface area (Å²) in [5.74, 6) is 0.0367. The molecule has 3 aromatic heterocycles. The van der Waals surface area contributed by atoms with Crippen molar-refractivity contribution in [2.24, 2.45) is 0 Å². The van der Waals surface area contributed by atoms with Crippen LogP contribution in [0.15, 0.2) is 42.0 Å². The van der Waals surface area contributed by atoms with E-state index in [1.807, 2.05) is 47.3 Å². The second-order valence-electron chi connectivity index (χ2n) is 4.69. The summed E-state index contributed by atoms with van der Waals surface area (Å²) < 4.78 is 1.92. The number of hydrogen-bond donors (Lipinski definition) is 1. The number of hydrogen-bond acceptors (Lipinski definition) is 3. The molecule has 4 nitrogen and oxygen atoms in total. The number of carbonyl (C=O) groups excluding carboxylic acids is 1. The Kier molecular flexibility index (Phi) is 3.52. The maximum atomic E-state index is 11.9. The van der Waals surface area contributed by atoms with Crippen LogP contribution in [0.3, 0.4) is 0 Å². The van der Waals surface area contributed by atoms with Gasteiger partial charge in [0.15, 0.2) is 0 Å².